The van der Waals surface area contributed by atoms with Crippen molar-refractivity contribution in [1.29, 1.82) is 0 Å². The van der Waals surface area contributed by atoms with Crippen molar-refractivity contribution in [2.75, 3.05) is 13.4 Å². The van der Waals surface area contributed by atoms with E-state index in [4.69, 9.17) is 14.2 Å². The lowest BCUT2D eigenvalue weighted by molar-refractivity contribution is 0.0950. The quantitative estimate of drug-likeness (QED) is 0.916. The van der Waals surface area contributed by atoms with Gasteiger partial charge in [0.15, 0.2) is 11.5 Å². The largest absolute Gasteiger partial charge is 0.478 e. The molecule has 1 N–H and O–H groups in total. The Balaban J connectivity index is 1.68. The van der Waals surface area contributed by atoms with Crippen molar-refractivity contribution >= 4 is 5.91 Å². The number of nitrogens with zero attached hydrogens (tertiary/aromatic N) is 1. The zero-order valence-electron chi connectivity index (χ0n) is 12.2. The molecule has 1 aliphatic rings. The number of hydrogen-bond acceptors (Lipinski definition) is 5. The maximum atomic E-state index is 12.2. The zero-order valence-corrected chi connectivity index (χ0v) is 12.2. The highest BCUT2D eigenvalue weighted by atomic mass is 16.7. The molecule has 1 aromatic carbocycles. The molecule has 3 rings (SSSR count). The molecule has 1 aromatic heterocycles. The Morgan fingerprint density at radius 2 is 2.18 bits per heavy atom. The Hall–Kier alpha value is -2.76. The summed E-state index contributed by atoms with van der Waals surface area (Å²) in [4.78, 5) is 16.4. The van der Waals surface area contributed by atoms with Crippen molar-refractivity contribution in [2.24, 2.45) is 0 Å². The summed E-state index contributed by atoms with van der Waals surface area (Å²) in [6.45, 7) is 2.95. The number of aromatic nitrogens is 1. The number of hydrogen-bond donors (Lipinski definition) is 1. The first kappa shape index (κ1) is 14.2. The summed E-state index contributed by atoms with van der Waals surface area (Å²) < 4.78 is 15.9. The number of fused-ring (bicyclic) bond motifs is 1. The normalized spacial score (nSPS) is 12.0. The molecule has 0 fully saturated rings. The fourth-order valence-corrected chi connectivity index (χ4v) is 2.14. The van der Waals surface area contributed by atoms with Crippen molar-refractivity contribution in [3.8, 4) is 17.4 Å². The molecule has 0 spiro atoms. The minimum atomic E-state index is -0.190. The third-order valence-corrected chi connectivity index (χ3v) is 3.21. The monoisotopic (exact) mass is 300 g/mol. The maximum absolute atomic E-state index is 12.2. The van der Waals surface area contributed by atoms with Crippen molar-refractivity contribution in [1.82, 2.24) is 10.3 Å². The fourth-order valence-electron chi connectivity index (χ4n) is 2.14. The van der Waals surface area contributed by atoms with E-state index in [9.17, 15) is 4.79 Å². The Morgan fingerprint density at radius 1 is 1.32 bits per heavy atom. The Kier molecular flexibility index (Phi) is 4.09. The van der Waals surface area contributed by atoms with Gasteiger partial charge in [0.05, 0.1) is 6.61 Å². The van der Waals surface area contributed by atoms with Gasteiger partial charge in [-0.2, -0.15) is 0 Å². The first-order chi connectivity index (χ1) is 10.8. The molecule has 6 heteroatoms. The van der Waals surface area contributed by atoms with Gasteiger partial charge in [-0.05, 0) is 31.2 Å². The van der Waals surface area contributed by atoms with E-state index in [0.717, 1.165) is 5.56 Å². The Labute approximate surface area is 128 Å². The van der Waals surface area contributed by atoms with E-state index >= 15 is 0 Å². The van der Waals surface area contributed by atoms with Crippen molar-refractivity contribution < 1.29 is 19.0 Å². The van der Waals surface area contributed by atoms with Crippen LogP contribution in [-0.4, -0.2) is 24.3 Å². The van der Waals surface area contributed by atoms with Crippen LogP contribution in [0.25, 0.3) is 0 Å². The summed E-state index contributed by atoms with van der Waals surface area (Å²) in [6.07, 6.45) is 1.66. The lowest BCUT2D eigenvalue weighted by Gasteiger charge is -2.10. The summed E-state index contributed by atoms with van der Waals surface area (Å²) in [5, 5.41) is 2.85. The highest BCUT2D eigenvalue weighted by molar-refractivity contribution is 5.94. The second-order valence-corrected chi connectivity index (χ2v) is 4.65. The molecule has 114 valence electrons. The highest BCUT2D eigenvalue weighted by Gasteiger charge is 2.16. The fraction of sp³-hybridized carbons (Fsp3) is 0.250. The molecule has 0 saturated carbocycles. The Morgan fingerprint density at radius 3 is 3.05 bits per heavy atom. The number of nitrogens with one attached hydrogen (secondary N) is 1. The zero-order chi connectivity index (χ0) is 15.4. The molecule has 0 bridgehead atoms. The van der Waals surface area contributed by atoms with Gasteiger partial charge in [-0.25, -0.2) is 4.98 Å². The maximum Gasteiger partial charge on any atom is 0.251 e. The van der Waals surface area contributed by atoms with E-state index in [2.05, 4.69) is 10.3 Å². The molecule has 1 aliphatic heterocycles. The summed E-state index contributed by atoms with van der Waals surface area (Å²) in [7, 11) is 0. The molecule has 22 heavy (non-hydrogen) atoms. The summed E-state index contributed by atoms with van der Waals surface area (Å²) in [5.41, 5.74) is 1.35. The van der Waals surface area contributed by atoms with Crippen LogP contribution >= 0.6 is 0 Å². The lowest BCUT2D eigenvalue weighted by Crippen LogP contribution is -2.23. The van der Waals surface area contributed by atoms with Crippen LogP contribution in [0.2, 0.25) is 0 Å². The van der Waals surface area contributed by atoms with Gasteiger partial charge in [-0.15, -0.1) is 0 Å². The molecule has 0 unspecified atom stereocenters. The minimum absolute atomic E-state index is 0.188. The first-order valence-corrected chi connectivity index (χ1v) is 7.02. The Bertz CT molecular complexity index is 688. The van der Waals surface area contributed by atoms with Crippen LogP contribution in [0.4, 0.5) is 0 Å². The van der Waals surface area contributed by atoms with E-state index in [1.54, 1.807) is 24.4 Å². The van der Waals surface area contributed by atoms with Gasteiger partial charge in [-0.1, -0.05) is 6.07 Å². The van der Waals surface area contributed by atoms with Gasteiger partial charge in [0.1, 0.15) is 0 Å². The molecule has 0 atom stereocenters. The molecule has 6 nitrogen and oxygen atoms in total. The van der Waals surface area contributed by atoms with Gasteiger partial charge in [0.25, 0.3) is 5.91 Å². The highest BCUT2D eigenvalue weighted by Crippen LogP contribution is 2.32. The number of carbonyl (C=O) groups excluding carboxylic acids is 1. The third-order valence-electron chi connectivity index (χ3n) is 3.21. The van der Waals surface area contributed by atoms with E-state index in [1.165, 1.54) is 0 Å². The van der Waals surface area contributed by atoms with E-state index in [-0.39, 0.29) is 12.7 Å². The molecule has 1 amide bonds. The van der Waals surface area contributed by atoms with Gasteiger partial charge < -0.3 is 19.5 Å². The smallest absolute Gasteiger partial charge is 0.251 e. The van der Waals surface area contributed by atoms with Crippen molar-refractivity contribution in [2.45, 2.75) is 13.5 Å². The van der Waals surface area contributed by atoms with Crippen LogP contribution in [0, 0.1) is 0 Å². The predicted molar refractivity (Wildman–Crippen MR) is 79.1 cm³/mol. The van der Waals surface area contributed by atoms with Gasteiger partial charge in [-0.3, -0.25) is 4.79 Å². The molecular formula is C16H16N2O4. The predicted octanol–water partition coefficient (Wildman–Crippen LogP) is 2.14. The number of amides is 1. The van der Waals surface area contributed by atoms with Crippen LogP contribution in [0.3, 0.4) is 0 Å². The first-order valence-electron chi connectivity index (χ1n) is 7.02. The third kappa shape index (κ3) is 2.95. The summed E-state index contributed by atoms with van der Waals surface area (Å²) in [6, 6.07) is 8.79. The molecule has 2 heterocycles. The van der Waals surface area contributed by atoms with Crippen LogP contribution in [0.1, 0.15) is 22.8 Å². The average molecular weight is 300 g/mol. The van der Waals surface area contributed by atoms with Gasteiger partial charge >= 0.3 is 0 Å². The minimum Gasteiger partial charge on any atom is -0.478 e. The molecular weight excluding hydrogens is 284 g/mol. The van der Waals surface area contributed by atoms with Crippen molar-refractivity contribution in [3.63, 3.8) is 0 Å². The van der Waals surface area contributed by atoms with Crippen LogP contribution < -0.4 is 19.5 Å². The van der Waals surface area contributed by atoms with Gasteiger partial charge in [0.2, 0.25) is 12.7 Å². The molecule has 0 radical (unpaired) electrons. The van der Waals surface area contributed by atoms with Crippen molar-refractivity contribution in [3.05, 3.63) is 47.7 Å². The van der Waals surface area contributed by atoms with E-state index in [1.807, 2.05) is 19.1 Å². The van der Waals surface area contributed by atoms with Crippen LogP contribution in [0.15, 0.2) is 36.5 Å². The van der Waals surface area contributed by atoms with Crippen LogP contribution in [0.5, 0.6) is 17.4 Å². The van der Waals surface area contributed by atoms with E-state index < -0.39 is 0 Å². The standard InChI is InChI=1S/C16H16N2O4/c1-2-20-16-12(4-3-7-17-16)9-18-15(19)11-5-6-13-14(8-11)22-10-21-13/h3-8H,2,9-10H2,1H3,(H,18,19). The van der Waals surface area contributed by atoms with Gasteiger partial charge in [0, 0.05) is 23.9 Å². The molecule has 0 aliphatic carbocycles. The lowest BCUT2D eigenvalue weighted by atomic mass is 10.2. The second kappa shape index (κ2) is 6.34. The van der Waals surface area contributed by atoms with Crippen LogP contribution in [-0.2, 0) is 6.54 Å². The number of pyridine rings is 1. The number of rotatable bonds is 5. The second-order valence-electron chi connectivity index (χ2n) is 4.65. The number of benzene rings is 1. The van der Waals surface area contributed by atoms with E-state index in [0.29, 0.717) is 36.1 Å². The summed E-state index contributed by atoms with van der Waals surface area (Å²) in [5.74, 6) is 1.59. The number of carbonyl (C=O) groups is 1. The topological polar surface area (TPSA) is 69.7 Å². The molecule has 0 saturated heterocycles. The average Bonchev–Trinajstić information content (AvgIpc) is 3.01. The molecule has 2 aromatic rings. The SMILES string of the molecule is CCOc1ncccc1CNC(=O)c1ccc2c(c1)OCO2. The number of ether oxygens (including phenoxy) is 3. The summed E-state index contributed by atoms with van der Waals surface area (Å²) >= 11 is 0.